The molecule has 1 aliphatic heterocycles. The number of aliphatic hydroxyl groups is 1. The molecule has 0 saturated heterocycles. The number of rotatable bonds is 15. The first kappa shape index (κ1) is 26.1. The molecule has 0 aromatic heterocycles. The van der Waals surface area contributed by atoms with E-state index in [-0.39, 0.29) is 12.7 Å². The molecule has 1 atom stereocenters. The molecule has 1 aliphatic rings. The van der Waals surface area contributed by atoms with E-state index in [1.165, 1.54) is 44.9 Å². The van der Waals surface area contributed by atoms with Crippen LogP contribution >= 0.6 is 0 Å². The Balaban J connectivity index is 1.41. The van der Waals surface area contributed by atoms with Gasteiger partial charge in [-0.05, 0) is 36.5 Å². The summed E-state index contributed by atoms with van der Waals surface area (Å²) in [5.74, 6) is 0.543. The van der Waals surface area contributed by atoms with Crippen molar-refractivity contribution in [2.75, 3.05) is 11.6 Å². The number of benzene rings is 2. The quantitative estimate of drug-likeness (QED) is 0.232. The topological polar surface area (TPSA) is 59.0 Å². The average molecular weight is 468 g/mol. The molecule has 2 aromatic carbocycles. The number of fused-ring (bicyclic) bond motifs is 1. The van der Waals surface area contributed by atoms with Gasteiger partial charge in [-0.2, -0.15) is 0 Å². The van der Waals surface area contributed by atoms with E-state index in [0.29, 0.717) is 19.4 Å². The zero-order valence-corrected chi connectivity index (χ0v) is 20.7. The van der Waals surface area contributed by atoms with Gasteiger partial charge in [0.1, 0.15) is 18.6 Å². The van der Waals surface area contributed by atoms with Crippen molar-refractivity contribution < 1.29 is 19.4 Å². The van der Waals surface area contributed by atoms with Gasteiger partial charge >= 0.3 is 5.97 Å². The molecule has 186 valence electrons. The predicted molar refractivity (Wildman–Crippen MR) is 137 cm³/mol. The zero-order valence-electron chi connectivity index (χ0n) is 20.7. The fraction of sp³-hybridized carbons (Fsp3) is 0.552. The van der Waals surface area contributed by atoms with Gasteiger partial charge in [0.05, 0.1) is 0 Å². The fourth-order valence-corrected chi connectivity index (χ4v) is 4.40. The molecule has 0 aliphatic carbocycles. The van der Waals surface area contributed by atoms with Crippen LogP contribution in [0.2, 0.25) is 0 Å². The van der Waals surface area contributed by atoms with E-state index in [2.05, 4.69) is 6.92 Å². The molecular formula is C29H41NO4. The number of esters is 1. The van der Waals surface area contributed by atoms with Gasteiger partial charge < -0.3 is 19.5 Å². The molecule has 1 N–H and O–H groups in total. The molecule has 3 rings (SSSR count). The number of carbonyl (C=O) groups is 1. The van der Waals surface area contributed by atoms with Crippen LogP contribution in [0.4, 0.5) is 5.69 Å². The van der Waals surface area contributed by atoms with Crippen molar-refractivity contribution in [2.24, 2.45) is 0 Å². The molecule has 5 nitrogen and oxygen atoms in total. The highest BCUT2D eigenvalue weighted by molar-refractivity contribution is 5.69. The SMILES string of the molecule is CCCCCCCCCCCC(=O)OCN1c2cc(OCc3ccccc3)ccc2CCC1O. The minimum atomic E-state index is -0.669. The highest BCUT2D eigenvalue weighted by Crippen LogP contribution is 2.33. The lowest BCUT2D eigenvalue weighted by atomic mass is 10.0. The molecule has 1 unspecified atom stereocenters. The number of aryl methyl sites for hydroxylation is 1. The van der Waals surface area contributed by atoms with Gasteiger partial charge in [0.15, 0.2) is 6.73 Å². The van der Waals surface area contributed by atoms with Gasteiger partial charge in [0, 0.05) is 18.2 Å². The van der Waals surface area contributed by atoms with Crippen LogP contribution in [-0.4, -0.2) is 24.0 Å². The maximum Gasteiger partial charge on any atom is 0.307 e. The molecule has 0 bridgehead atoms. The largest absolute Gasteiger partial charge is 0.489 e. The van der Waals surface area contributed by atoms with Crippen molar-refractivity contribution in [3.63, 3.8) is 0 Å². The first-order chi connectivity index (χ1) is 16.7. The van der Waals surface area contributed by atoms with Crippen LogP contribution in [-0.2, 0) is 22.6 Å². The van der Waals surface area contributed by atoms with Crippen molar-refractivity contribution in [1.29, 1.82) is 0 Å². The van der Waals surface area contributed by atoms with Crippen LogP contribution in [0.25, 0.3) is 0 Å². The normalized spacial score (nSPS) is 15.1. The first-order valence-corrected chi connectivity index (χ1v) is 13.1. The third-order valence-electron chi connectivity index (χ3n) is 6.50. The van der Waals surface area contributed by atoms with Crippen LogP contribution in [0.3, 0.4) is 0 Å². The van der Waals surface area contributed by atoms with Gasteiger partial charge in [-0.3, -0.25) is 4.79 Å². The lowest BCUT2D eigenvalue weighted by Gasteiger charge is -2.35. The van der Waals surface area contributed by atoms with Crippen molar-refractivity contribution in [2.45, 2.75) is 96.8 Å². The Bertz CT molecular complexity index is 854. The molecule has 0 amide bonds. The van der Waals surface area contributed by atoms with Gasteiger partial charge in [-0.15, -0.1) is 0 Å². The smallest absolute Gasteiger partial charge is 0.307 e. The van der Waals surface area contributed by atoms with E-state index in [1.54, 1.807) is 4.90 Å². The molecule has 2 aromatic rings. The Kier molecular flexibility index (Phi) is 11.3. The van der Waals surface area contributed by atoms with E-state index in [9.17, 15) is 9.90 Å². The minimum Gasteiger partial charge on any atom is -0.489 e. The summed E-state index contributed by atoms with van der Waals surface area (Å²) in [6.45, 7) is 2.78. The first-order valence-electron chi connectivity index (χ1n) is 13.1. The second kappa shape index (κ2) is 14.7. The minimum absolute atomic E-state index is 0.0621. The Morgan fingerprint density at radius 2 is 1.68 bits per heavy atom. The molecule has 0 radical (unpaired) electrons. The molecule has 34 heavy (non-hydrogen) atoms. The Labute approximate surface area is 205 Å². The van der Waals surface area contributed by atoms with E-state index < -0.39 is 6.23 Å². The van der Waals surface area contributed by atoms with Crippen LogP contribution in [0.5, 0.6) is 5.75 Å². The highest BCUT2D eigenvalue weighted by Gasteiger charge is 2.26. The second-order valence-corrected chi connectivity index (χ2v) is 9.28. The Morgan fingerprint density at radius 3 is 2.41 bits per heavy atom. The van der Waals surface area contributed by atoms with E-state index in [1.807, 2.05) is 48.5 Å². The predicted octanol–water partition coefficient (Wildman–Crippen LogP) is 6.76. The maximum atomic E-state index is 12.3. The number of aliphatic hydroxyl groups excluding tert-OH is 1. The van der Waals surface area contributed by atoms with Crippen LogP contribution in [0, 0.1) is 0 Å². The number of ether oxygens (including phenoxy) is 2. The zero-order chi connectivity index (χ0) is 24.0. The lowest BCUT2D eigenvalue weighted by Crippen LogP contribution is -2.41. The monoisotopic (exact) mass is 467 g/mol. The molecule has 0 saturated carbocycles. The maximum absolute atomic E-state index is 12.3. The van der Waals surface area contributed by atoms with Crippen molar-refractivity contribution in [1.82, 2.24) is 0 Å². The second-order valence-electron chi connectivity index (χ2n) is 9.28. The lowest BCUT2D eigenvalue weighted by molar-refractivity contribution is -0.144. The van der Waals surface area contributed by atoms with Crippen LogP contribution in [0.1, 0.15) is 88.7 Å². The van der Waals surface area contributed by atoms with Crippen molar-refractivity contribution >= 4 is 11.7 Å². The van der Waals surface area contributed by atoms with Crippen molar-refractivity contribution in [3.8, 4) is 5.75 Å². The number of hydrogen-bond donors (Lipinski definition) is 1. The van der Waals surface area contributed by atoms with Gasteiger partial charge in [-0.25, -0.2) is 0 Å². The fourth-order valence-electron chi connectivity index (χ4n) is 4.40. The number of hydrogen-bond acceptors (Lipinski definition) is 5. The third-order valence-corrected chi connectivity index (χ3v) is 6.50. The summed E-state index contributed by atoms with van der Waals surface area (Å²) in [5.41, 5.74) is 3.11. The summed E-state index contributed by atoms with van der Waals surface area (Å²) < 4.78 is 11.5. The summed E-state index contributed by atoms with van der Waals surface area (Å²) in [7, 11) is 0. The summed E-state index contributed by atoms with van der Waals surface area (Å²) in [4.78, 5) is 14.0. The van der Waals surface area contributed by atoms with Gasteiger partial charge in [0.2, 0.25) is 0 Å². The van der Waals surface area contributed by atoms with Crippen LogP contribution in [0.15, 0.2) is 48.5 Å². The van der Waals surface area contributed by atoms with Crippen LogP contribution < -0.4 is 9.64 Å². The molecule has 1 heterocycles. The summed E-state index contributed by atoms with van der Waals surface area (Å²) in [5, 5.41) is 10.6. The molecular weight excluding hydrogens is 426 g/mol. The van der Waals surface area contributed by atoms with Gasteiger partial charge in [0.25, 0.3) is 0 Å². The Hall–Kier alpha value is -2.53. The molecule has 0 fully saturated rings. The van der Waals surface area contributed by atoms with E-state index in [0.717, 1.165) is 41.8 Å². The number of nitrogens with zero attached hydrogens (tertiary/aromatic N) is 1. The molecule has 5 heteroatoms. The van der Waals surface area contributed by atoms with Crippen molar-refractivity contribution in [3.05, 3.63) is 59.7 Å². The Morgan fingerprint density at radius 1 is 0.971 bits per heavy atom. The van der Waals surface area contributed by atoms with E-state index in [4.69, 9.17) is 9.47 Å². The summed E-state index contributed by atoms with van der Waals surface area (Å²) >= 11 is 0. The molecule has 0 spiro atoms. The number of unbranched alkanes of at least 4 members (excludes halogenated alkanes) is 8. The average Bonchev–Trinajstić information content (AvgIpc) is 2.86. The standard InChI is InChI=1S/C29H41NO4/c1-2-3-4-5-6-7-8-9-13-16-29(32)34-23-30-27-21-26(19-17-25(27)18-20-28(30)31)33-22-24-14-11-10-12-15-24/h10-12,14-15,17,19,21,28,31H,2-9,13,16,18,20,22-23H2,1H3. The summed E-state index contributed by atoms with van der Waals surface area (Å²) in [6, 6.07) is 16.0. The third kappa shape index (κ3) is 8.68. The number of carbonyl (C=O) groups excluding carboxylic acids is 1. The van der Waals surface area contributed by atoms with E-state index >= 15 is 0 Å². The number of anilines is 1. The highest BCUT2D eigenvalue weighted by atomic mass is 16.5. The summed E-state index contributed by atoms with van der Waals surface area (Å²) in [6.07, 6.45) is 12.1. The van der Waals surface area contributed by atoms with Gasteiger partial charge in [-0.1, -0.05) is 94.7 Å².